The van der Waals surface area contributed by atoms with Crippen molar-refractivity contribution in [1.82, 2.24) is 4.98 Å². The summed E-state index contributed by atoms with van der Waals surface area (Å²) in [4.78, 5) is 4.27. The first-order valence-corrected chi connectivity index (χ1v) is 18.2. The third-order valence-corrected chi connectivity index (χ3v) is 10.1. The Morgan fingerprint density at radius 2 is 0.719 bits per heavy atom. The minimum absolute atomic E-state index is 0.937. The van der Waals surface area contributed by atoms with Gasteiger partial charge >= 0.3 is 0 Å². The van der Waals surface area contributed by atoms with Gasteiger partial charge in [0.1, 0.15) is 52.7 Å². The predicted octanol–water partition coefficient (Wildman–Crippen LogP) is 9.39. The minimum atomic E-state index is -7.22. The first-order valence-electron chi connectivity index (χ1n) is 18.2. The zero-order chi connectivity index (χ0) is 47.7. The van der Waals surface area contributed by atoms with Gasteiger partial charge in [0.2, 0.25) is 0 Å². The standard InChI is InChI=1S/C24BF20.C17H23N2/c26-5-1(6(27)14(35)21(42)13(5)34)25(2-7(28)15(36)22(43)16(37)8(2)29,3-9(30)17(38)23(44)18(39)10(3)31)4-11(32)19(40)24(45)20(41)12(4)33;1-2-3-4-8-11-17-14-18-12-13-19(17)15-16-9-6-5-7-10-16/h;5-7,9-10,12-14H,2-4,8,11,15H2,1H3/q-1;+1. The van der Waals surface area contributed by atoms with Crippen LogP contribution in [0.15, 0.2) is 48.9 Å². The van der Waals surface area contributed by atoms with Gasteiger partial charge in [-0.25, -0.2) is 87.8 Å². The zero-order valence-corrected chi connectivity index (χ0v) is 31.9. The SMILES string of the molecule is CCCCCCc1cncc[n+]1Cc1ccccc1.Fc1c(F)c(F)c([B-](c2c(F)c(F)c(F)c(F)c2F)(c2c(F)c(F)c(F)c(F)c2F)c2c(F)c(F)c(F)c(F)c2F)c(F)c1F. The second kappa shape index (κ2) is 19.3. The minimum Gasteiger partial charge on any atom is -0.252 e. The Labute approximate surface area is 347 Å². The molecule has 1 aromatic heterocycles. The molecule has 6 aromatic rings. The van der Waals surface area contributed by atoms with Crippen molar-refractivity contribution in [2.75, 3.05) is 0 Å². The van der Waals surface area contributed by atoms with Gasteiger partial charge in [-0.15, -0.1) is 21.9 Å². The lowest BCUT2D eigenvalue weighted by Gasteiger charge is -2.44. The molecule has 0 aliphatic heterocycles. The fraction of sp³-hybridized carbons (Fsp3) is 0.171. The Hall–Kier alpha value is -6.16. The van der Waals surface area contributed by atoms with Crippen LogP contribution < -0.4 is 26.4 Å². The molecule has 0 amide bonds. The molecule has 0 saturated carbocycles. The Morgan fingerprint density at radius 1 is 0.406 bits per heavy atom. The van der Waals surface area contributed by atoms with Crippen LogP contribution in [0.25, 0.3) is 0 Å². The molecule has 64 heavy (non-hydrogen) atoms. The first-order chi connectivity index (χ1) is 30.1. The molecule has 0 atom stereocenters. The lowest BCUT2D eigenvalue weighted by Crippen LogP contribution is -2.81. The zero-order valence-electron chi connectivity index (χ0n) is 31.9. The van der Waals surface area contributed by atoms with Gasteiger partial charge in [-0.2, -0.15) is 4.57 Å². The Morgan fingerprint density at radius 3 is 1.03 bits per heavy atom. The highest BCUT2D eigenvalue weighted by Gasteiger charge is 2.52. The largest absolute Gasteiger partial charge is 0.252 e. The van der Waals surface area contributed by atoms with Crippen LogP contribution in [0.1, 0.15) is 43.9 Å². The highest BCUT2D eigenvalue weighted by Crippen LogP contribution is 2.30. The highest BCUT2D eigenvalue weighted by molar-refractivity contribution is 7.20. The maximum Gasteiger partial charge on any atom is 0.200 e. The topological polar surface area (TPSA) is 16.8 Å². The van der Waals surface area contributed by atoms with E-state index < -0.39 is 144 Å². The van der Waals surface area contributed by atoms with E-state index in [9.17, 15) is 52.7 Å². The quantitative estimate of drug-likeness (QED) is 0.0316. The molecule has 0 fully saturated rings. The Balaban J connectivity index is 0.000000337. The van der Waals surface area contributed by atoms with E-state index in [1.807, 2.05) is 12.4 Å². The van der Waals surface area contributed by atoms with Crippen molar-refractivity contribution in [1.29, 1.82) is 0 Å². The molecule has 1 heterocycles. The predicted molar refractivity (Wildman–Crippen MR) is 187 cm³/mol. The summed E-state index contributed by atoms with van der Waals surface area (Å²) in [5.74, 6) is -71.4. The number of benzene rings is 5. The molecule has 23 heteroatoms. The number of halogens is 20. The van der Waals surface area contributed by atoms with Crippen molar-refractivity contribution in [2.45, 2.75) is 45.6 Å². The van der Waals surface area contributed by atoms with Crippen LogP contribution in [0.3, 0.4) is 0 Å². The monoisotopic (exact) mass is 934 g/mol. The number of unbranched alkanes of at least 4 members (excludes halogenated alkanes) is 3. The Kier molecular flexibility index (Phi) is 14.7. The molecule has 6 rings (SSSR count). The maximum absolute atomic E-state index is 15.4. The average Bonchev–Trinajstić information content (AvgIpc) is 3.28. The van der Waals surface area contributed by atoms with Crippen LogP contribution in [0.5, 0.6) is 0 Å². The first kappa shape index (κ1) is 48.9. The summed E-state index contributed by atoms with van der Waals surface area (Å²) in [6.45, 7) is 3.19. The van der Waals surface area contributed by atoms with Gasteiger partial charge < -0.3 is 0 Å². The van der Waals surface area contributed by atoms with Crippen molar-refractivity contribution in [2.24, 2.45) is 0 Å². The summed E-state index contributed by atoms with van der Waals surface area (Å²) in [6.07, 6.45) is 5.07. The third-order valence-electron chi connectivity index (χ3n) is 10.1. The molecular formula is C41H23BF20N2. The van der Waals surface area contributed by atoms with Gasteiger partial charge in [0, 0.05) is 12.0 Å². The fourth-order valence-corrected chi connectivity index (χ4v) is 7.17. The summed E-state index contributed by atoms with van der Waals surface area (Å²) in [6, 6.07) is 10.6. The second-order valence-electron chi connectivity index (χ2n) is 13.8. The van der Waals surface area contributed by atoms with Crippen molar-refractivity contribution >= 4 is 28.0 Å². The molecule has 340 valence electrons. The van der Waals surface area contributed by atoms with E-state index in [0.717, 1.165) is 13.0 Å². The molecule has 0 saturated heterocycles. The summed E-state index contributed by atoms with van der Waals surface area (Å²) in [7, 11) is 0. The van der Waals surface area contributed by atoms with E-state index in [-0.39, 0.29) is 0 Å². The highest BCUT2D eigenvalue weighted by atomic mass is 19.2. The van der Waals surface area contributed by atoms with Gasteiger partial charge in [0.15, 0.2) is 88.2 Å². The summed E-state index contributed by atoms with van der Waals surface area (Å²) in [5.41, 5.74) is -11.7. The number of rotatable bonds is 11. The molecule has 0 bridgehead atoms. The van der Waals surface area contributed by atoms with E-state index >= 15 is 35.1 Å². The Bertz CT molecular complexity index is 2370. The number of hydrogen-bond donors (Lipinski definition) is 0. The summed E-state index contributed by atoms with van der Waals surface area (Å²) < 4.78 is 296. The summed E-state index contributed by atoms with van der Waals surface area (Å²) in [5, 5.41) is 0. The molecule has 0 unspecified atom stereocenters. The molecule has 5 aromatic carbocycles. The van der Waals surface area contributed by atoms with E-state index in [4.69, 9.17) is 0 Å². The molecule has 0 aliphatic rings. The van der Waals surface area contributed by atoms with E-state index in [2.05, 4.69) is 53.0 Å². The molecule has 0 N–H and O–H groups in total. The molecule has 0 radical (unpaired) electrons. The van der Waals surface area contributed by atoms with Crippen LogP contribution in [0, 0.1) is 116 Å². The van der Waals surface area contributed by atoms with Crippen LogP contribution in [0.4, 0.5) is 87.8 Å². The van der Waals surface area contributed by atoms with Crippen LogP contribution in [-0.4, -0.2) is 11.1 Å². The van der Waals surface area contributed by atoms with Crippen LogP contribution in [-0.2, 0) is 13.0 Å². The second-order valence-corrected chi connectivity index (χ2v) is 13.8. The van der Waals surface area contributed by atoms with E-state index in [1.165, 1.54) is 36.9 Å². The smallest absolute Gasteiger partial charge is 0.200 e. The third kappa shape index (κ3) is 8.23. The number of hydrogen-bond acceptors (Lipinski definition) is 1. The molecule has 0 spiro atoms. The van der Waals surface area contributed by atoms with Crippen LogP contribution >= 0.6 is 0 Å². The van der Waals surface area contributed by atoms with Crippen molar-refractivity contribution in [3.05, 3.63) is 177 Å². The van der Waals surface area contributed by atoms with Crippen molar-refractivity contribution < 1.29 is 92.4 Å². The van der Waals surface area contributed by atoms with Gasteiger partial charge in [-0.1, -0.05) is 56.5 Å². The lowest BCUT2D eigenvalue weighted by atomic mass is 9.12. The normalized spacial score (nSPS) is 11.6. The molecular weight excluding hydrogens is 911 g/mol. The summed E-state index contributed by atoms with van der Waals surface area (Å²) >= 11 is 0. The maximum atomic E-state index is 15.4. The number of nitrogens with zero attached hydrogens (tertiary/aromatic N) is 2. The van der Waals surface area contributed by atoms with Gasteiger partial charge in [0.05, 0.1) is 12.4 Å². The average molecular weight is 934 g/mol. The number of aromatic nitrogens is 2. The lowest BCUT2D eigenvalue weighted by molar-refractivity contribution is -0.696. The van der Waals surface area contributed by atoms with Crippen LogP contribution in [0.2, 0.25) is 0 Å². The molecule has 2 nitrogen and oxygen atoms in total. The van der Waals surface area contributed by atoms with Crippen molar-refractivity contribution in [3.63, 3.8) is 0 Å². The van der Waals surface area contributed by atoms with Gasteiger partial charge in [0.25, 0.3) is 0 Å². The fourth-order valence-electron chi connectivity index (χ4n) is 7.17. The molecule has 0 aliphatic carbocycles. The van der Waals surface area contributed by atoms with E-state index in [1.54, 1.807) is 0 Å². The van der Waals surface area contributed by atoms with Gasteiger partial charge in [-0.3, -0.25) is 4.98 Å². The van der Waals surface area contributed by atoms with E-state index in [0.29, 0.717) is 0 Å². The van der Waals surface area contributed by atoms with Gasteiger partial charge in [-0.05, 0) is 6.42 Å². The number of aryl methyl sites for hydroxylation is 1. The van der Waals surface area contributed by atoms with Crippen molar-refractivity contribution in [3.8, 4) is 0 Å².